The molecule has 1 aliphatic heterocycles. The summed E-state index contributed by atoms with van der Waals surface area (Å²) in [6.07, 6.45) is 0. The third kappa shape index (κ3) is 4.62. The van der Waals surface area contributed by atoms with Crippen LogP contribution < -0.4 is 29.0 Å². The fourth-order valence-corrected chi connectivity index (χ4v) is 5.95. The SMILES string of the molecule is COc1ccc2nc(NC(=O)[C@@H]3c4cc(OC)c(OC)cc4C(=O)N(C)[C@@H]3c3ccc(OC)c(OC)c3)sc2c1. The molecule has 1 N–H and O–H groups in total. The van der Waals surface area contributed by atoms with E-state index in [2.05, 4.69) is 10.3 Å². The summed E-state index contributed by atoms with van der Waals surface area (Å²) in [7, 11) is 9.37. The minimum Gasteiger partial charge on any atom is -0.497 e. The van der Waals surface area contributed by atoms with Gasteiger partial charge in [-0.25, -0.2) is 4.98 Å². The van der Waals surface area contributed by atoms with Crippen molar-refractivity contribution in [2.75, 3.05) is 47.9 Å². The van der Waals surface area contributed by atoms with E-state index in [1.807, 2.05) is 24.3 Å². The van der Waals surface area contributed by atoms with Crippen molar-refractivity contribution in [1.29, 1.82) is 0 Å². The van der Waals surface area contributed by atoms with E-state index in [0.717, 1.165) is 10.2 Å². The fraction of sp³-hybridized carbons (Fsp3) is 0.276. The Kier molecular flexibility index (Phi) is 7.40. The monoisotopic (exact) mass is 563 g/mol. The van der Waals surface area contributed by atoms with Gasteiger partial charge in [0.05, 0.1) is 57.7 Å². The van der Waals surface area contributed by atoms with Crippen molar-refractivity contribution in [3.8, 4) is 28.7 Å². The first kappa shape index (κ1) is 27.1. The number of fused-ring (bicyclic) bond motifs is 2. The molecule has 4 aromatic rings. The molecule has 2 heterocycles. The Morgan fingerprint density at radius 1 is 0.850 bits per heavy atom. The maximum absolute atomic E-state index is 14.2. The normalized spacial score (nSPS) is 16.4. The molecule has 0 fully saturated rings. The van der Waals surface area contributed by atoms with Gasteiger partial charge in [-0.2, -0.15) is 0 Å². The molecule has 0 saturated heterocycles. The first-order valence-corrected chi connectivity index (χ1v) is 13.2. The summed E-state index contributed by atoms with van der Waals surface area (Å²) < 4.78 is 28.1. The van der Waals surface area contributed by atoms with Gasteiger partial charge in [0.15, 0.2) is 28.1 Å². The van der Waals surface area contributed by atoms with Crippen molar-refractivity contribution >= 4 is 38.5 Å². The summed E-state index contributed by atoms with van der Waals surface area (Å²) in [6.45, 7) is 0. The molecule has 10 nitrogen and oxygen atoms in total. The number of nitrogens with zero attached hydrogens (tertiary/aromatic N) is 2. The smallest absolute Gasteiger partial charge is 0.254 e. The third-order valence-corrected chi connectivity index (χ3v) is 7.97. The summed E-state index contributed by atoms with van der Waals surface area (Å²) >= 11 is 1.34. The van der Waals surface area contributed by atoms with Crippen LogP contribution in [0.1, 0.15) is 33.4 Å². The predicted octanol–water partition coefficient (Wildman–Crippen LogP) is 4.89. The van der Waals surface area contributed by atoms with Crippen molar-refractivity contribution < 1.29 is 33.3 Å². The Morgan fingerprint density at radius 3 is 2.20 bits per heavy atom. The summed E-state index contributed by atoms with van der Waals surface area (Å²) in [4.78, 5) is 34.0. The van der Waals surface area contributed by atoms with Gasteiger partial charge in [0.2, 0.25) is 5.91 Å². The van der Waals surface area contributed by atoms with Crippen molar-refractivity contribution in [2.45, 2.75) is 12.0 Å². The van der Waals surface area contributed by atoms with Crippen LogP contribution in [0.25, 0.3) is 10.2 Å². The number of carbonyl (C=O) groups is 2. The highest BCUT2D eigenvalue weighted by molar-refractivity contribution is 7.22. The molecular formula is C29H29N3O7S. The first-order chi connectivity index (χ1) is 19.3. The number of amides is 2. The maximum Gasteiger partial charge on any atom is 0.254 e. The van der Waals surface area contributed by atoms with Crippen LogP contribution in [0, 0.1) is 0 Å². The summed E-state index contributed by atoms with van der Waals surface area (Å²) in [5, 5.41) is 3.42. The Bertz CT molecular complexity index is 1600. The van der Waals surface area contributed by atoms with Crippen LogP contribution >= 0.6 is 11.3 Å². The zero-order chi connectivity index (χ0) is 28.6. The molecule has 0 saturated carbocycles. The first-order valence-electron chi connectivity index (χ1n) is 12.3. The molecule has 1 aliphatic rings. The minimum absolute atomic E-state index is 0.258. The van der Waals surface area contributed by atoms with Gasteiger partial charge < -0.3 is 33.9 Å². The molecule has 0 bridgehead atoms. The lowest BCUT2D eigenvalue weighted by Gasteiger charge is -2.40. The summed E-state index contributed by atoms with van der Waals surface area (Å²) in [5.41, 5.74) is 2.30. The molecular weight excluding hydrogens is 534 g/mol. The van der Waals surface area contributed by atoms with Crippen LogP contribution in [0.15, 0.2) is 48.5 Å². The van der Waals surface area contributed by atoms with Crippen LogP contribution in [0.4, 0.5) is 5.13 Å². The molecule has 2 amide bonds. The van der Waals surface area contributed by atoms with E-state index in [4.69, 9.17) is 23.7 Å². The molecule has 0 unspecified atom stereocenters. The van der Waals surface area contributed by atoms with E-state index in [-0.39, 0.29) is 11.8 Å². The van der Waals surface area contributed by atoms with Crippen molar-refractivity contribution in [2.24, 2.45) is 0 Å². The van der Waals surface area contributed by atoms with Crippen LogP contribution in [-0.2, 0) is 4.79 Å². The van der Waals surface area contributed by atoms with Crippen molar-refractivity contribution in [3.63, 3.8) is 0 Å². The Labute approximate surface area is 235 Å². The van der Waals surface area contributed by atoms with E-state index in [1.165, 1.54) is 32.7 Å². The molecule has 1 aromatic heterocycles. The highest BCUT2D eigenvalue weighted by Crippen LogP contribution is 2.47. The molecule has 0 radical (unpaired) electrons. The van der Waals surface area contributed by atoms with Crippen LogP contribution in [0.5, 0.6) is 28.7 Å². The Hall–Kier alpha value is -4.51. The standard InChI is InChI=1S/C29H29N3O7S/c1-32-26(15-7-10-20(36-3)21(11-15)37-4)25(17-13-22(38-5)23(39-6)14-18(17)28(32)34)27(33)31-29-30-19-9-8-16(35-2)12-24(19)40-29/h7-14,25-26H,1-6H3,(H,30,31,33)/t25-,26-/m1/s1. The molecule has 40 heavy (non-hydrogen) atoms. The van der Waals surface area contributed by atoms with Crippen molar-refractivity contribution in [3.05, 3.63) is 65.2 Å². The average molecular weight is 564 g/mol. The molecule has 208 valence electrons. The zero-order valence-electron chi connectivity index (χ0n) is 22.9. The number of rotatable bonds is 8. The molecule has 2 atom stereocenters. The van der Waals surface area contributed by atoms with Gasteiger partial charge in [-0.3, -0.25) is 9.59 Å². The Morgan fingerprint density at radius 2 is 1.52 bits per heavy atom. The molecule has 3 aromatic carbocycles. The van der Waals surface area contributed by atoms with E-state index in [1.54, 1.807) is 50.4 Å². The molecule has 0 spiro atoms. The third-order valence-electron chi connectivity index (χ3n) is 7.03. The second-order valence-electron chi connectivity index (χ2n) is 9.09. The predicted molar refractivity (Wildman–Crippen MR) is 151 cm³/mol. The molecule has 11 heteroatoms. The largest absolute Gasteiger partial charge is 0.497 e. The number of benzene rings is 3. The van der Waals surface area contributed by atoms with Crippen LogP contribution in [0.2, 0.25) is 0 Å². The number of ether oxygens (including phenoxy) is 5. The molecule has 5 rings (SSSR count). The van der Waals surface area contributed by atoms with Gasteiger partial charge in [0, 0.05) is 12.6 Å². The number of methoxy groups -OCH3 is 5. The highest BCUT2D eigenvalue weighted by Gasteiger charge is 2.44. The number of hydrogen-bond acceptors (Lipinski definition) is 9. The summed E-state index contributed by atoms with van der Waals surface area (Å²) in [5.74, 6) is 1.11. The van der Waals surface area contributed by atoms with Gasteiger partial charge in [0.1, 0.15) is 5.75 Å². The Balaban J connectivity index is 1.64. The quantitative estimate of drug-likeness (QED) is 0.323. The zero-order valence-corrected chi connectivity index (χ0v) is 23.8. The van der Waals surface area contributed by atoms with Gasteiger partial charge in [-0.1, -0.05) is 17.4 Å². The highest BCUT2D eigenvalue weighted by atomic mass is 32.1. The van der Waals surface area contributed by atoms with E-state index < -0.39 is 12.0 Å². The lowest BCUT2D eigenvalue weighted by atomic mass is 9.79. The minimum atomic E-state index is -0.822. The van der Waals surface area contributed by atoms with Gasteiger partial charge in [-0.15, -0.1) is 0 Å². The van der Waals surface area contributed by atoms with Crippen LogP contribution in [-0.4, -0.2) is 64.3 Å². The number of hydrogen-bond donors (Lipinski definition) is 1. The maximum atomic E-state index is 14.2. The van der Waals surface area contributed by atoms with Crippen molar-refractivity contribution in [1.82, 2.24) is 9.88 Å². The lowest BCUT2D eigenvalue weighted by molar-refractivity contribution is -0.119. The number of likely N-dealkylation sites (N-methyl/N-ethyl adjacent to an activating group) is 1. The second kappa shape index (κ2) is 10.9. The van der Waals surface area contributed by atoms with E-state index in [9.17, 15) is 9.59 Å². The lowest BCUT2D eigenvalue weighted by Crippen LogP contribution is -2.44. The number of aromatic nitrogens is 1. The molecule has 0 aliphatic carbocycles. The van der Waals surface area contributed by atoms with E-state index in [0.29, 0.717) is 50.6 Å². The number of thiazole rings is 1. The number of anilines is 1. The number of carbonyl (C=O) groups excluding carboxylic acids is 2. The van der Waals surface area contributed by atoms with E-state index >= 15 is 0 Å². The van der Waals surface area contributed by atoms with Crippen LogP contribution in [0.3, 0.4) is 0 Å². The topological polar surface area (TPSA) is 108 Å². The van der Waals surface area contributed by atoms with Gasteiger partial charge in [0.25, 0.3) is 5.91 Å². The van der Waals surface area contributed by atoms with Gasteiger partial charge >= 0.3 is 0 Å². The second-order valence-corrected chi connectivity index (χ2v) is 10.1. The average Bonchev–Trinajstić information content (AvgIpc) is 3.38. The summed E-state index contributed by atoms with van der Waals surface area (Å²) in [6, 6.07) is 13.5. The fourth-order valence-electron chi connectivity index (χ4n) is 5.05. The van der Waals surface area contributed by atoms with Gasteiger partial charge in [-0.05, 0) is 53.6 Å². The number of nitrogens with one attached hydrogen (secondary N) is 1.